The number of pyridine rings is 1. The largest absolute Gasteiger partial charge is 0.298 e. The average Bonchev–Trinajstić information content (AvgIpc) is 2.83. The minimum atomic E-state index is -0.492. The van der Waals surface area contributed by atoms with Crippen LogP contribution in [0.5, 0.6) is 0 Å². The molecule has 0 radical (unpaired) electrons. The van der Waals surface area contributed by atoms with Gasteiger partial charge in [0.05, 0.1) is 28.0 Å². The number of nitrogens with zero attached hydrogens (tertiary/aromatic N) is 4. The van der Waals surface area contributed by atoms with Crippen LogP contribution in [0.15, 0.2) is 71.8 Å². The van der Waals surface area contributed by atoms with Gasteiger partial charge in [0.25, 0.3) is 5.56 Å². The Bertz CT molecular complexity index is 1380. The van der Waals surface area contributed by atoms with Crippen LogP contribution in [0.1, 0.15) is 30.8 Å². The fourth-order valence-electron chi connectivity index (χ4n) is 3.69. The lowest BCUT2D eigenvalue weighted by molar-refractivity contribution is 0.292. The Hall–Kier alpha value is -3.35. The van der Waals surface area contributed by atoms with Gasteiger partial charge in [0, 0.05) is 17.1 Å². The fraction of sp³-hybridized carbons (Fsp3) is 0.192. The molecule has 0 saturated heterocycles. The molecule has 4 aromatic rings. The molecule has 0 saturated carbocycles. The summed E-state index contributed by atoms with van der Waals surface area (Å²) in [5, 5.41) is 0.674. The molecule has 168 valence electrons. The van der Waals surface area contributed by atoms with Gasteiger partial charge < -0.3 is 0 Å². The van der Waals surface area contributed by atoms with Gasteiger partial charge in [-0.2, -0.15) is 0 Å². The molecule has 0 spiro atoms. The van der Waals surface area contributed by atoms with Crippen molar-refractivity contribution in [2.75, 3.05) is 13.1 Å². The first-order chi connectivity index (χ1) is 16.0. The molecule has 0 aliphatic heterocycles. The van der Waals surface area contributed by atoms with E-state index >= 15 is 0 Å². The Balaban J connectivity index is 1.89. The molecule has 0 bridgehead atoms. The third-order valence-corrected chi connectivity index (χ3v) is 5.85. The SMILES string of the molecule is CCN(CC)Cc1cccc(/C=C(\c2ccccc2Cl)n2cnc3ccc(F)cc3c2=O)n1. The first-order valence-electron chi connectivity index (χ1n) is 10.8. The number of fused-ring (bicyclic) bond motifs is 1. The molecule has 5 nitrogen and oxygen atoms in total. The average molecular weight is 463 g/mol. The van der Waals surface area contributed by atoms with Gasteiger partial charge >= 0.3 is 0 Å². The highest BCUT2D eigenvalue weighted by atomic mass is 35.5. The quantitative estimate of drug-likeness (QED) is 0.365. The third-order valence-electron chi connectivity index (χ3n) is 5.52. The summed E-state index contributed by atoms with van der Waals surface area (Å²) in [6, 6.07) is 17.0. The van der Waals surface area contributed by atoms with Crippen molar-refractivity contribution in [1.82, 2.24) is 19.4 Å². The monoisotopic (exact) mass is 462 g/mol. The van der Waals surface area contributed by atoms with Crippen molar-refractivity contribution >= 4 is 34.3 Å². The molecule has 2 heterocycles. The maximum atomic E-state index is 13.9. The molecule has 7 heteroatoms. The minimum Gasteiger partial charge on any atom is -0.298 e. The van der Waals surface area contributed by atoms with Gasteiger partial charge in [-0.1, -0.05) is 49.7 Å². The molecule has 0 unspecified atom stereocenters. The van der Waals surface area contributed by atoms with E-state index in [2.05, 4.69) is 23.7 Å². The van der Waals surface area contributed by atoms with Crippen LogP contribution in [0.3, 0.4) is 0 Å². The number of benzene rings is 2. The van der Waals surface area contributed by atoms with E-state index in [0.717, 1.165) is 25.3 Å². The normalized spacial score (nSPS) is 12.0. The maximum absolute atomic E-state index is 13.9. The van der Waals surface area contributed by atoms with E-state index in [1.165, 1.54) is 29.1 Å². The number of halogens is 2. The van der Waals surface area contributed by atoms with Crippen LogP contribution in [-0.2, 0) is 6.54 Å². The smallest absolute Gasteiger partial charge is 0.265 e. The first kappa shape index (κ1) is 22.8. The summed E-state index contributed by atoms with van der Waals surface area (Å²) >= 11 is 6.50. The van der Waals surface area contributed by atoms with Gasteiger partial charge in [0.1, 0.15) is 12.1 Å². The van der Waals surface area contributed by atoms with Gasteiger partial charge in [-0.3, -0.25) is 19.2 Å². The van der Waals surface area contributed by atoms with E-state index in [1.807, 2.05) is 36.4 Å². The highest BCUT2D eigenvalue weighted by Gasteiger charge is 2.14. The lowest BCUT2D eigenvalue weighted by atomic mass is 10.1. The number of hydrogen-bond acceptors (Lipinski definition) is 4. The topological polar surface area (TPSA) is 51.0 Å². The number of hydrogen-bond donors (Lipinski definition) is 0. The summed E-state index contributed by atoms with van der Waals surface area (Å²) in [6.07, 6.45) is 3.25. The molecule has 0 aliphatic rings. The Morgan fingerprint density at radius 1 is 1.09 bits per heavy atom. The molecular weight excluding hydrogens is 439 g/mol. The minimum absolute atomic E-state index is 0.193. The van der Waals surface area contributed by atoms with Crippen LogP contribution in [0, 0.1) is 5.82 Å². The highest BCUT2D eigenvalue weighted by molar-refractivity contribution is 6.32. The van der Waals surface area contributed by atoms with Gasteiger partial charge in [-0.15, -0.1) is 0 Å². The van der Waals surface area contributed by atoms with Gasteiger partial charge in [-0.25, -0.2) is 9.37 Å². The summed E-state index contributed by atoms with van der Waals surface area (Å²) in [5.74, 6) is -0.492. The zero-order chi connectivity index (χ0) is 23.4. The van der Waals surface area contributed by atoms with Crippen LogP contribution in [0.25, 0.3) is 22.7 Å². The third kappa shape index (κ3) is 5.02. The molecule has 0 amide bonds. The van der Waals surface area contributed by atoms with Crippen LogP contribution in [0.4, 0.5) is 4.39 Å². The Morgan fingerprint density at radius 3 is 2.64 bits per heavy atom. The second-order valence-corrected chi connectivity index (χ2v) is 8.01. The Kier molecular flexibility index (Phi) is 6.96. The van der Waals surface area contributed by atoms with Gasteiger partial charge in [-0.05, 0) is 55.6 Å². The molecule has 0 fully saturated rings. The second-order valence-electron chi connectivity index (χ2n) is 7.61. The van der Waals surface area contributed by atoms with Crippen molar-refractivity contribution < 1.29 is 4.39 Å². The molecule has 4 rings (SSSR count). The molecule has 33 heavy (non-hydrogen) atoms. The van der Waals surface area contributed by atoms with Crippen molar-refractivity contribution in [3.8, 4) is 0 Å². The van der Waals surface area contributed by atoms with E-state index in [4.69, 9.17) is 16.6 Å². The lowest BCUT2D eigenvalue weighted by Crippen LogP contribution is -2.23. The molecule has 2 aromatic carbocycles. The summed E-state index contributed by atoms with van der Waals surface area (Å²) < 4.78 is 15.3. The van der Waals surface area contributed by atoms with Crippen molar-refractivity contribution in [3.05, 3.63) is 105 Å². The number of aromatic nitrogens is 3. The summed E-state index contributed by atoms with van der Waals surface area (Å²) in [7, 11) is 0. The number of rotatable bonds is 7. The predicted octanol–water partition coefficient (Wildman–Crippen LogP) is 5.47. The van der Waals surface area contributed by atoms with Crippen LogP contribution in [-0.4, -0.2) is 32.5 Å². The predicted molar refractivity (Wildman–Crippen MR) is 132 cm³/mol. The van der Waals surface area contributed by atoms with Crippen LogP contribution >= 0.6 is 11.6 Å². The molecular formula is C26H24ClFN4O. The van der Waals surface area contributed by atoms with Crippen molar-refractivity contribution in [2.45, 2.75) is 20.4 Å². The van der Waals surface area contributed by atoms with Gasteiger partial charge in [0.15, 0.2) is 0 Å². The van der Waals surface area contributed by atoms with E-state index in [-0.39, 0.29) is 10.9 Å². The van der Waals surface area contributed by atoms with E-state index in [1.54, 1.807) is 12.1 Å². The van der Waals surface area contributed by atoms with Crippen LogP contribution < -0.4 is 5.56 Å². The van der Waals surface area contributed by atoms with Crippen LogP contribution in [0.2, 0.25) is 5.02 Å². The van der Waals surface area contributed by atoms with E-state index < -0.39 is 5.82 Å². The first-order valence-corrected chi connectivity index (χ1v) is 11.2. The Labute approximate surface area is 196 Å². The summed E-state index contributed by atoms with van der Waals surface area (Å²) in [6.45, 7) is 6.82. The van der Waals surface area contributed by atoms with Gasteiger partial charge in [0.2, 0.25) is 0 Å². The maximum Gasteiger partial charge on any atom is 0.265 e. The highest BCUT2D eigenvalue weighted by Crippen LogP contribution is 2.26. The van der Waals surface area contributed by atoms with Crippen molar-refractivity contribution in [2.24, 2.45) is 0 Å². The zero-order valence-electron chi connectivity index (χ0n) is 18.5. The molecule has 2 aromatic heterocycles. The molecule has 0 N–H and O–H groups in total. The Morgan fingerprint density at radius 2 is 1.88 bits per heavy atom. The van der Waals surface area contributed by atoms with Crippen molar-refractivity contribution in [1.29, 1.82) is 0 Å². The summed E-state index contributed by atoms with van der Waals surface area (Å²) in [5.41, 5.74) is 2.81. The lowest BCUT2D eigenvalue weighted by Gasteiger charge is -2.17. The standard InChI is InChI=1S/C26H24ClFN4O/c1-3-31(4-2)16-20-9-7-8-19(30-20)15-25(21-10-5-6-11-23(21)27)32-17-29-24-13-12-18(28)14-22(24)26(32)33/h5-15,17H,3-4,16H2,1-2H3/b25-15+. The van der Waals surface area contributed by atoms with E-state index in [9.17, 15) is 9.18 Å². The van der Waals surface area contributed by atoms with Crippen molar-refractivity contribution in [3.63, 3.8) is 0 Å². The second kappa shape index (κ2) is 10.1. The molecule has 0 aliphatic carbocycles. The summed E-state index contributed by atoms with van der Waals surface area (Å²) in [4.78, 5) is 24.8. The zero-order valence-corrected chi connectivity index (χ0v) is 19.3. The molecule has 0 atom stereocenters. The fourth-order valence-corrected chi connectivity index (χ4v) is 3.93. The van der Waals surface area contributed by atoms with E-state index in [0.29, 0.717) is 27.5 Å².